The van der Waals surface area contributed by atoms with E-state index in [0.29, 0.717) is 19.5 Å². The first-order valence-electron chi connectivity index (χ1n) is 5.99. The lowest BCUT2D eigenvalue weighted by atomic mass is 10.0. The molecule has 19 heavy (non-hydrogen) atoms. The Morgan fingerprint density at radius 3 is 3.26 bits per heavy atom. The maximum Gasteiger partial charge on any atom is 0.237 e. The highest BCUT2D eigenvalue weighted by Crippen LogP contribution is 2.21. The summed E-state index contributed by atoms with van der Waals surface area (Å²) in [6.07, 6.45) is 2.29. The quantitative estimate of drug-likeness (QED) is 0.803. The van der Waals surface area contributed by atoms with Crippen molar-refractivity contribution in [2.45, 2.75) is 25.6 Å². The van der Waals surface area contributed by atoms with Crippen molar-refractivity contribution in [3.05, 3.63) is 39.1 Å². The number of thiophene rings is 1. The van der Waals surface area contributed by atoms with Crippen molar-refractivity contribution in [2.24, 2.45) is 0 Å². The maximum absolute atomic E-state index is 12.1. The molecule has 0 aromatic carbocycles. The van der Waals surface area contributed by atoms with Gasteiger partial charge < -0.3 is 10.3 Å². The molecule has 0 spiro atoms. The van der Waals surface area contributed by atoms with E-state index in [1.54, 1.807) is 6.33 Å². The van der Waals surface area contributed by atoms with Gasteiger partial charge in [-0.25, -0.2) is 4.98 Å². The number of aromatic amines is 1. The lowest BCUT2D eigenvalue weighted by Crippen LogP contribution is -2.47. The third kappa shape index (κ3) is 2.80. The number of aromatic nitrogens is 2. The first kappa shape index (κ1) is 12.7. The standard InChI is InChI=1S/C12H13ClN4OS/c13-11-2-1-7(19-11)4-15-12(18)9-3-8-10(5-14-9)17-6-16-8/h1-2,6,9,14H,3-5H2,(H,15,18)(H,16,17). The fraction of sp³-hybridized carbons (Fsp3) is 0.333. The Morgan fingerprint density at radius 1 is 1.58 bits per heavy atom. The maximum atomic E-state index is 12.1. The Kier molecular flexibility index (Phi) is 3.54. The van der Waals surface area contributed by atoms with Crippen molar-refractivity contribution in [1.29, 1.82) is 0 Å². The summed E-state index contributed by atoms with van der Waals surface area (Å²) < 4.78 is 0.737. The number of halogens is 1. The Bertz CT molecular complexity index is 594. The monoisotopic (exact) mass is 296 g/mol. The number of H-pyrrole nitrogens is 1. The predicted octanol–water partition coefficient (Wildman–Crippen LogP) is 1.46. The van der Waals surface area contributed by atoms with Gasteiger partial charge in [-0.15, -0.1) is 11.3 Å². The molecule has 2 aromatic rings. The largest absolute Gasteiger partial charge is 0.350 e. The van der Waals surface area contributed by atoms with Crippen LogP contribution >= 0.6 is 22.9 Å². The van der Waals surface area contributed by atoms with Crippen LogP contribution in [0.2, 0.25) is 4.34 Å². The summed E-state index contributed by atoms with van der Waals surface area (Å²) in [4.78, 5) is 20.4. The zero-order valence-electron chi connectivity index (χ0n) is 10.1. The number of carbonyl (C=O) groups is 1. The van der Waals surface area contributed by atoms with E-state index < -0.39 is 0 Å². The van der Waals surface area contributed by atoms with E-state index in [0.717, 1.165) is 20.6 Å². The summed E-state index contributed by atoms with van der Waals surface area (Å²) in [6.45, 7) is 1.17. The summed E-state index contributed by atoms with van der Waals surface area (Å²) in [7, 11) is 0. The fourth-order valence-corrected chi connectivity index (χ4v) is 3.13. The molecule has 0 radical (unpaired) electrons. The van der Waals surface area contributed by atoms with Gasteiger partial charge in [0.2, 0.25) is 5.91 Å². The summed E-state index contributed by atoms with van der Waals surface area (Å²) in [5.74, 6) is -0.00169. The molecule has 1 aliphatic heterocycles. The molecule has 7 heteroatoms. The second kappa shape index (κ2) is 5.32. The molecule has 0 saturated carbocycles. The molecule has 100 valence electrons. The van der Waals surface area contributed by atoms with Crippen LogP contribution in [0.4, 0.5) is 0 Å². The molecule has 3 N–H and O–H groups in total. The van der Waals surface area contributed by atoms with Crippen LogP contribution in [0.1, 0.15) is 16.3 Å². The van der Waals surface area contributed by atoms with Crippen LogP contribution in [0.5, 0.6) is 0 Å². The van der Waals surface area contributed by atoms with Crippen LogP contribution in [0.3, 0.4) is 0 Å². The molecule has 3 heterocycles. The van der Waals surface area contributed by atoms with Gasteiger partial charge in [-0.05, 0) is 12.1 Å². The smallest absolute Gasteiger partial charge is 0.237 e. The van der Waals surface area contributed by atoms with Crippen LogP contribution in [-0.2, 0) is 24.3 Å². The number of hydrogen-bond donors (Lipinski definition) is 3. The topological polar surface area (TPSA) is 69.8 Å². The predicted molar refractivity (Wildman–Crippen MR) is 74.1 cm³/mol. The lowest BCUT2D eigenvalue weighted by molar-refractivity contribution is -0.123. The van der Waals surface area contributed by atoms with Crippen molar-refractivity contribution in [3.63, 3.8) is 0 Å². The van der Waals surface area contributed by atoms with Gasteiger partial charge in [0.25, 0.3) is 0 Å². The zero-order valence-corrected chi connectivity index (χ0v) is 11.6. The number of imidazole rings is 1. The third-order valence-electron chi connectivity index (χ3n) is 3.11. The van der Waals surface area contributed by atoms with Crippen LogP contribution in [0, 0.1) is 0 Å². The first-order valence-corrected chi connectivity index (χ1v) is 7.18. The Balaban J connectivity index is 1.57. The summed E-state index contributed by atoms with van der Waals surface area (Å²) in [6, 6.07) is 3.54. The Morgan fingerprint density at radius 2 is 2.47 bits per heavy atom. The fourth-order valence-electron chi connectivity index (χ4n) is 2.10. The van der Waals surface area contributed by atoms with Gasteiger partial charge in [0.15, 0.2) is 0 Å². The van der Waals surface area contributed by atoms with E-state index in [1.807, 2.05) is 12.1 Å². The van der Waals surface area contributed by atoms with Gasteiger partial charge in [-0.2, -0.15) is 0 Å². The molecular weight excluding hydrogens is 284 g/mol. The van der Waals surface area contributed by atoms with Crippen molar-refractivity contribution in [3.8, 4) is 0 Å². The number of carbonyl (C=O) groups excluding carboxylic acids is 1. The van der Waals surface area contributed by atoms with Gasteiger partial charge in [0.1, 0.15) is 0 Å². The summed E-state index contributed by atoms with van der Waals surface area (Å²) in [5.41, 5.74) is 2.03. The minimum absolute atomic E-state index is 0.00169. The van der Waals surface area contributed by atoms with E-state index in [2.05, 4.69) is 20.6 Å². The average Bonchev–Trinajstić information content (AvgIpc) is 3.03. The van der Waals surface area contributed by atoms with Crippen molar-refractivity contribution >= 4 is 28.8 Å². The van der Waals surface area contributed by atoms with Gasteiger partial charge in [-0.3, -0.25) is 10.1 Å². The van der Waals surface area contributed by atoms with Gasteiger partial charge >= 0.3 is 0 Å². The van der Waals surface area contributed by atoms with E-state index in [9.17, 15) is 4.79 Å². The van der Waals surface area contributed by atoms with Crippen LogP contribution in [-0.4, -0.2) is 21.9 Å². The normalized spacial score (nSPS) is 18.1. The molecule has 1 unspecified atom stereocenters. The van der Waals surface area contributed by atoms with E-state index in [-0.39, 0.29) is 11.9 Å². The van der Waals surface area contributed by atoms with Crippen molar-refractivity contribution in [2.75, 3.05) is 0 Å². The number of amides is 1. The highest BCUT2D eigenvalue weighted by Gasteiger charge is 2.25. The molecule has 3 rings (SSSR count). The van der Waals surface area contributed by atoms with E-state index in [1.165, 1.54) is 11.3 Å². The second-order valence-corrected chi connectivity index (χ2v) is 6.19. The number of fused-ring (bicyclic) bond motifs is 1. The average molecular weight is 297 g/mol. The number of nitrogens with one attached hydrogen (secondary N) is 3. The molecule has 0 saturated heterocycles. The lowest BCUT2D eigenvalue weighted by Gasteiger charge is -2.22. The molecule has 1 atom stereocenters. The number of hydrogen-bond acceptors (Lipinski definition) is 4. The van der Waals surface area contributed by atoms with Crippen molar-refractivity contribution in [1.82, 2.24) is 20.6 Å². The second-order valence-electron chi connectivity index (χ2n) is 4.39. The highest BCUT2D eigenvalue weighted by atomic mass is 35.5. The molecule has 2 aromatic heterocycles. The molecule has 0 bridgehead atoms. The third-order valence-corrected chi connectivity index (χ3v) is 4.34. The molecular formula is C12H13ClN4OS. The number of nitrogens with zero attached hydrogens (tertiary/aromatic N) is 1. The van der Waals surface area contributed by atoms with Crippen LogP contribution < -0.4 is 10.6 Å². The van der Waals surface area contributed by atoms with Gasteiger partial charge in [-0.1, -0.05) is 11.6 Å². The van der Waals surface area contributed by atoms with E-state index in [4.69, 9.17) is 11.6 Å². The Labute approximate surface area is 119 Å². The minimum Gasteiger partial charge on any atom is -0.350 e. The van der Waals surface area contributed by atoms with E-state index >= 15 is 0 Å². The minimum atomic E-state index is -0.216. The molecule has 0 aliphatic carbocycles. The SMILES string of the molecule is O=C(NCc1ccc(Cl)s1)C1Cc2nc[nH]c2CN1. The summed E-state index contributed by atoms with van der Waals surface area (Å²) in [5, 5.41) is 6.11. The zero-order chi connectivity index (χ0) is 13.2. The van der Waals surface area contributed by atoms with Gasteiger partial charge in [0, 0.05) is 17.8 Å². The highest BCUT2D eigenvalue weighted by molar-refractivity contribution is 7.16. The molecule has 0 fully saturated rings. The van der Waals surface area contributed by atoms with Crippen LogP contribution in [0.15, 0.2) is 18.5 Å². The molecule has 5 nitrogen and oxygen atoms in total. The molecule has 1 amide bonds. The van der Waals surface area contributed by atoms with Crippen LogP contribution in [0.25, 0.3) is 0 Å². The van der Waals surface area contributed by atoms with Crippen molar-refractivity contribution < 1.29 is 4.79 Å². The molecule has 1 aliphatic rings. The number of rotatable bonds is 3. The van der Waals surface area contributed by atoms with Gasteiger partial charge in [0.05, 0.1) is 34.6 Å². The first-order chi connectivity index (χ1) is 9.22. The Hall–Kier alpha value is -1.37. The summed E-state index contributed by atoms with van der Waals surface area (Å²) >= 11 is 7.33.